The van der Waals surface area contributed by atoms with Crippen molar-refractivity contribution in [3.8, 4) is 0 Å². The van der Waals surface area contributed by atoms with Gasteiger partial charge >= 0.3 is 0 Å². The second-order valence-corrected chi connectivity index (χ2v) is 10.3. The first-order valence-corrected chi connectivity index (χ1v) is 14.2. The summed E-state index contributed by atoms with van der Waals surface area (Å²) in [6.07, 6.45) is 17.8. The summed E-state index contributed by atoms with van der Waals surface area (Å²) >= 11 is 0. The zero-order valence-electron chi connectivity index (χ0n) is 23.3. The van der Waals surface area contributed by atoms with Crippen molar-refractivity contribution < 1.29 is 56.8 Å². The van der Waals surface area contributed by atoms with Gasteiger partial charge in [0.05, 0.1) is 18.8 Å². The Morgan fingerprint density at radius 2 is 1.43 bits per heavy atom. The maximum absolute atomic E-state index is 12.1. The molecule has 0 spiro atoms. The molecular weight excluding hydrogens is 519 g/mol. The number of unbranched alkanes of at least 4 members (excludes halogenated alkanes) is 12. The quantitative estimate of drug-likeness (QED) is 0.157. The van der Waals surface area contributed by atoms with E-state index in [9.17, 15) is 9.90 Å². The van der Waals surface area contributed by atoms with E-state index < -0.39 is 6.10 Å². The summed E-state index contributed by atoms with van der Waals surface area (Å²) in [5.74, 6) is 0.141. The number of ether oxygens (including phenoxy) is 3. The minimum absolute atomic E-state index is 0. The van der Waals surface area contributed by atoms with E-state index in [-0.39, 0.29) is 63.0 Å². The van der Waals surface area contributed by atoms with Crippen LogP contribution < -0.4 is 5.32 Å². The Bertz CT molecular complexity index is 494. The third kappa shape index (κ3) is 17.5. The zero-order chi connectivity index (χ0) is 25.0. The fourth-order valence-electron chi connectivity index (χ4n) is 4.69. The van der Waals surface area contributed by atoms with E-state index >= 15 is 0 Å². The number of aliphatic hydroxyl groups excluding tert-OH is 1. The van der Waals surface area contributed by atoms with E-state index in [1.165, 1.54) is 70.6 Å². The molecule has 1 aliphatic heterocycles. The number of carbonyl (C=O) groups excluding carboxylic acids is 1. The minimum atomic E-state index is -0.682. The van der Waals surface area contributed by atoms with Crippen molar-refractivity contribution >= 4 is 5.91 Å². The molecule has 0 aromatic rings. The van der Waals surface area contributed by atoms with Crippen LogP contribution in [-0.2, 0) is 51.7 Å². The van der Waals surface area contributed by atoms with Crippen LogP contribution in [0.25, 0.3) is 0 Å². The van der Waals surface area contributed by atoms with E-state index in [0.717, 1.165) is 25.7 Å². The average molecular weight is 575 g/mol. The molecule has 0 saturated carbocycles. The van der Waals surface area contributed by atoms with Crippen LogP contribution in [0.5, 0.6) is 0 Å². The van der Waals surface area contributed by atoms with Crippen molar-refractivity contribution in [3.05, 3.63) is 0 Å². The minimum Gasteiger partial charge on any atom is -0.387 e. The summed E-state index contributed by atoms with van der Waals surface area (Å²) in [4.78, 5) is 12.1. The monoisotopic (exact) mass is 574 g/mol. The molecule has 0 aromatic heterocycles. The average Bonchev–Trinajstić information content (AvgIpc) is 3.12. The Hall–Kier alpha value is 0.414. The van der Waals surface area contributed by atoms with Gasteiger partial charge in [0.25, 0.3) is 0 Å². The molecule has 0 aromatic carbocycles. The van der Waals surface area contributed by atoms with Gasteiger partial charge in [-0.15, -0.1) is 0 Å². The van der Waals surface area contributed by atoms with Gasteiger partial charge in [0.2, 0.25) is 5.91 Å². The molecule has 1 saturated heterocycles. The molecule has 0 aliphatic carbocycles. The van der Waals surface area contributed by atoms with Crippen LogP contribution in [0.15, 0.2) is 0 Å². The molecule has 4 atom stereocenters. The first kappa shape index (κ1) is 35.4. The number of aliphatic hydroxyl groups is 1. The molecule has 1 rings (SSSR count). The SMILES string of the molecule is CCCCCCCCCCCCCCCC(=O)NCCC[C@@H]1O[C@H](COC(C)C)C(O)[C@@H]1OC.[Y]. The molecule has 0 bridgehead atoms. The maximum atomic E-state index is 12.1. The van der Waals surface area contributed by atoms with Crippen molar-refractivity contribution in [2.24, 2.45) is 0 Å². The Kier molecular flexibility index (Phi) is 23.8. The van der Waals surface area contributed by atoms with Gasteiger partial charge in [-0.2, -0.15) is 0 Å². The summed E-state index contributed by atoms with van der Waals surface area (Å²) in [6, 6.07) is 0. The zero-order valence-corrected chi connectivity index (χ0v) is 26.1. The normalized spacial score (nSPS) is 21.9. The number of hydrogen-bond acceptors (Lipinski definition) is 5. The van der Waals surface area contributed by atoms with Crippen LogP contribution in [0.3, 0.4) is 0 Å². The molecule has 35 heavy (non-hydrogen) atoms. The number of nitrogens with one attached hydrogen (secondary N) is 1. The summed E-state index contributed by atoms with van der Waals surface area (Å²) < 4.78 is 17.0. The number of carbonyl (C=O) groups is 1. The molecule has 205 valence electrons. The standard InChI is InChI=1S/C28H55NO5.Y/c1-5-6-7-8-9-10-11-12-13-14-15-16-17-20-26(30)29-21-18-19-24-28(32-4)27(31)25(34-24)22-33-23(2)3;/h23-25,27-28,31H,5-22H2,1-4H3,(H,29,30);/t24-,25+,27?,28+;/m0./s1. The summed E-state index contributed by atoms with van der Waals surface area (Å²) in [6.45, 7) is 7.20. The topological polar surface area (TPSA) is 77.0 Å². The van der Waals surface area contributed by atoms with Gasteiger partial charge < -0.3 is 24.6 Å². The first-order valence-electron chi connectivity index (χ1n) is 14.2. The predicted octanol–water partition coefficient (Wildman–Crippen LogP) is 5.93. The molecular formula is C28H55NO5Y. The number of amides is 1. The third-order valence-corrected chi connectivity index (χ3v) is 6.79. The number of hydrogen-bond donors (Lipinski definition) is 2. The molecule has 2 N–H and O–H groups in total. The summed E-state index contributed by atoms with van der Waals surface area (Å²) in [5, 5.41) is 13.4. The second-order valence-electron chi connectivity index (χ2n) is 10.3. The van der Waals surface area contributed by atoms with Crippen LogP contribution in [0.1, 0.15) is 124 Å². The Labute approximate surface area is 241 Å². The van der Waals surface area contributed by atoms with Crippen molar-refractivity contribution in [2.45, 2.75) is 154 Å². The summed E-state index contributed by atoms with van der Waals surface area (Å²) in [7, 11) is 1.60. The Morgan fingerprint density at radius 3 is 1.94 bits per heavy atom. The van der Waals surface area contributed by atoms with Gasteiger partial charge in [-0.3, -0.25) is 4.79 Å². The van der Waals surface area contributed by atoms with Crippen LogP contribution in [0.2, 0.25) is 0 Å². The maximum Gasteiger partial charge on any atom is 0.219 e. The number of rotatable bonds is 22. The molecule has 1 aliphatic rings. The smallest absolute Gasteiger partial charge is 0.219 e. The van der Waals surface area contributed by atoms with Crippen molar-refractivity contribution in [1.82, 2.24) is 5.32 Å². The van der Waals surface area contributed by atoms with Gasteiger partial charge in [0.1, 0.15) is 18.3 Å². The van der Waals surface area contributed by atoms with E-state index in [1.54, 1.807) is 7.11 Å². The van der Waals surface area contributed by atoms with Crippen LogP contribution in [-0.4, -0.2) is 61.8 Å². The fourth-order valence-corrected chi connectivity index (χ4v) is 4.69. The van der Waals surface area contributed by atoms with Gasteiger partial charge in [0, 0.05) is 52.8 Å². The summed E-state index contributed by atoms with van der Waals surface area (Å²) in [5.41, 5.74) is 0. The third-order valence-electron chi connectivity index (χ3n) is 6.79. The molecule has 1 unspecified atom stereocenters. The van der Waals surface area contributed by atoms with E-state index in [4.69, 9.17) is 14.2 Å². The Balaban J connectivity index is 0.0000116. The second kappa shape index (κ2) is 23.5. The van der Waals surface area contributed by atoms with Crippen LogP contribution >= 0.6 is 0 Å². The van der Waals surface area contributed by atoms with Crippen LogP contribution in [0, 0.1) is 0 Å². The molecule has 1 radical (unpaired) electrons. The van der Waals surface area contributed by atoms with Gasteiger partial charge in [-0.1, -0.05) is 84.0 Å². The molecule has 1 amide bonds. The van der Waals surface area contributed by atoms with Crippen molar-refractivity contribution in [3.63, 3.8) is 0 Å². The van der Waals surface area contributed by atoms with E-state index in [0.29, 0.717) is 19.6 Å². The predicted molar refractivity (Wildman–Crippen MR) is 139 cm³/mol. The molecule has 1 heterocycles. The number of methoxy groups -OCH3 is 1. The van der Waals surface area contributed by atoms with Gasteiger partial charge in [-0.05, 0) is 33.1 Å². The van der Waals surface area contributed by atoms with E-state index in [2.05, 4.69) is 12.2 Å². The first-order chi connectivity index (χ1) is 16.5. The van der Waals surface area contributed by atoms with Gasteiger partial charge in [0.15, 0.2) is 0 Å². The Morgan fingerprint density at radius 1 is 0.886 bits per heavy atom. The van der Waals surface area contributed by atoms with Gasteiger partial charge in [-0.25, -0.2) is 0 Å². The van der Waals surface area contributed by atoms with E-state index in [1.807, 2.05) is 13.8 Å². The van der Waals surface area contributed by atoms with Crippen molar-refractivity contribution in [2.75, 3.05) is 20.3 Å². The molecule has 6 nitrogen and oxygen atoms in total. The fraction of sp³-hybridized carbons (Fsp3) is 0.964. The molecule has 1 fully saturated rings. The van der Waals surface area contributed by atoms with Crippen LogP contribution in [0.4, 0.5) is 0 Å². The largest absolute Gasteiger partial charge is 0.387 e. The molecule has 7 heteroatoms. The van der Waals surface area contributed by atoms with Crippen molar-refractivity contribution in [1.29, 1.82) is 0 Å².